The molecule has 2 rings (SSSR count). The maximum Gasteiger partial charge on any atom is 0.159 e. The number of aryl methyl sites for hydroxylation is 1. The van der Waals surface area contributed by atoms with E-state index in [4.69, 9.17) is 0 Å². The van der Waals surface area contributed by atoms with E-state index in [1.807, 2.05) is 12.2 Å². The van der Waals surface area contributed by atoms with Gasteiger partial charge in [0.2, 0.25) is 0 Å². The van der Waals surface area contributed by atoms with E-state index in [2.05, 4.69) is 40.3 Å². The highest BCUT2D eigenvalue weighted by Crippen LogP contribution is 2.34. The van der Waals surface area contributed by atoms with Gasteiger partial charge in [0.25, 0.3) is 0 Å². The van der Waals surface area contributed by atoms with Gasteiger partial charge >= 0.3 is 0 Å². The van der Waals surface area contributed by atoms with Crippen molar-refractivity contribution in [2.24, 2.45) is 5.92 Å². The Bertz CT molecular complexity index is 659. The van der Waals surface area contributed by atoms with E-state index in [1.165, 1.54) is 53.5 Å². The molecule has 1 nitrogen and oxygen atoms in total. The monoisotopic (exact) mass is 338 g/mol. The summed E-state index contributed by atoms with van der Waals surface area (Å²) in [6.45, 7) is 13.0. The summed E-state index contributed by atoms with van der Waals surface area (Å²) >= 11 is 0. The molecular formula is C24H34O. The van der Waals surface area contributed by atoms with Crippen LogP contribution in [0.15, 0.2) is 24.8 Å². The van der Waals surface area contributed by atoms with Crippen molar-refractivity contribution in [1.82, 2.24) is 0 Å². The van der Waals surface area contributed by atoms with Gasteiger partial charge in [0.05, 0.1) is 0 Å². The Hall–Kier alpha value is -1.63. The summed E-state index contributed by atoms with van der Waals surface area (Å²) < 4.78 is 0. The van der Waals surface area contributed by atoms with Crippen molar-refractivity contribution in [1.29, 1.82) is 0 Å². The van der Waals surface area contributed by atoms with Gasteiger partial charge in [-0.2, -0.15) is 0 Å². The Kier molecular flexibility index (Phi) is 7.23. The minimum absolute atomic E-state index is 0.264. The van der Waals surface area contributed by atoms with Crippen LogP contribution in [0.5, 0.6) is 0 Å². The van der Waals surface area contributed by atoms with Gasteiger partial charge in [-0.15, -0.1) is 0 Å². The lowest BCUT2D eigenvalue weighted by Crippen LogP contribution is -2.05. The van der Waals surface area contributed by atoms with Crippen molar-refractivity contribution in [2.45, 2.75) is 79.1 Å². The molecule has 0 aromatic heterocycles. The van der Waals surface area contributed by atoms with E-state index >= 15 is 0 Å². The molecule has 0 unspecified atom stereocenters. The summed E-state index contributed by atoms with van der Waals surface area (Å²) in [4.78, 5) is 12.3. The molecule has 1 aromatic rings. The lowest BCUT2D eigenvalue weighted by atomic mass is 9.85. The summed E-state index contributed by atoms with van der Waals surface area (Å²) in [5.41, 5.74) is 7.94. The average Bonchev–Trinajstić information content (AvgIpc) is 3.44. The molecular weight excluding hydrogens is 304 g/mol. The molecule has 25 heavy (non-hydrogen) atoms. The Labute approximate surface area is 154 Å². The van der Waals surface area contributed by atoms with E-state index in [1.54, 1.807) is 0 Å². The number of benzene rings is 1. The number of hydrogen-bond donors (Lipinski definition) is 0. The first-order valence-corrected chi connectivity index (χ1v) is 10.0. The first-order valence-electron chi connectivity index (χ1n) is 10.0. The van der Waals surface area contributed by atoms with E-state index in [0.717, 1.165) is 31.3 Å². The van der Waals surface area contributed by atoms with Gasteiger partial charge in [-0.05, 0) is 91.8 Å². The van der Waals surface area contributed by atoms with Gasteiger partial charge in [-0.1, -0.05) is 45.4 Å². The van der Waals surface area contributed by atoms with Crippen LogP contribution in [0.3, 0.4) is 0 Å². The molecule has 1 saturated carbocycles. The number of unbranched alkanes of at least 4 members (excludes halogenated alkanes) is 2. The summed E-state index contributed by atoms with van der Waals surface area (Å²) in [6, 6.07) is 2.32. The summed E-state index contributed by atoms with van der Waals surface area (Å²) in [7, 11) is 0. The number of ketones is 1. The van der Waals surface area contributed by atoms with Crippen LogP contribution in [-0.4, -0.2) is 5.78 Å². The largest absolute Gasteiger partial charge is 0.295 e. The molecule has 0 saturated heterocycles. The van der Waals surface area contributed by atoms with E-state index in [9.17, 15) is 4.79 Å². The van der Waals surface area contributed by atoms with Crippen LogP contribution in [0, 0.1) is 19.8 Å². The Morgan fingerprint density at radius 2 is 1.76 bits per heavy atom. The van der Waals surface area contributed by atoms with Crippen LogP contribution in [0.2, 0.25) is 0 Å². The molecule has 1 heteroatoms. The first kappa shape index (κ1) is 19.7. The van der Waals surface area contributed by atoms with Crippen LogP contribution in [0.25, 0.3) is 5.57 Å². The van der Waals surface area contributed by atoms with Gasteiger partial charge in [-0.25, -0.2) is 0 Å². The zero-order chi connectivity index (χ0) is 18.4. The number of allylic oxidation sites excluding steroid dienone is 3. The molecule has 0 radical (unpaired) electrons. The molecule has 0 heterocycles. The first-order chi connectivity index (χ1) is 12.0. The van der Waals surface area contributed by atoms with Crippen LogP contribution in [0.1, 0.15) is 80.2 Å². The predicted octanol–water partition coefficient (Wildman–Crippen LogP) is 6.54. The molecule has 0 spiro atoms. The van der Waals surface area contributed by atoms with Crippen molar-refractivity contribution >= 4 is 11.4 Å². The van der Waals surface area contributed by atoms with Crippen molar-refractivity contribution in [3.8, 4) is 0 Å². The number of rotatable bonds is 10. The third-order valence-corrected chi connectivity index (χ3v) is 5.50. The number of hydrogen-bond acceptors (Lipinski definition) is 1. The van der Waals surface area contributed by atoms with Gasteiger partial charge in [0.1, 0.15) is 0 Å². The second-order valence-corrected chi connectivity index (χ2v) is 7.50. The lowest BCUT2D eigenvalue weighted by Gasteiger charge is -2.19. The van der Waals surface area contributed by atoms with Crippen molar-refractivity contribution in [2.75, 3.05) is 0 Å². The topological polar surface area (TPSA) is 17.1 Å². The summed E-state index contributed by atoms with van der Waals surface area (Å²) in [6.07, 6.45) is 12.9. The molecule has 136 valence electrons. The fraction of sp³-hybridized carbons (Fsp3) is 0.542. The SMILES string of the molecule is C=C/C(=C/C(=O)C1CC1)c1cc(CCCC)c(C)c(CCCC)c1C. The van der Waals surface area contributed by atoms with E-state index in [0.29, 0.717) is 0 Å². The van der Waals surface area contributed by atoms with Crippen LogP contribution in [0.4, 0.5) is 0 Å². The lowest BCUT2D eigenvalue weighted by molar-refractivity contribution is -0.115. The molecule has 0 aliphatic heterocycles. The van der Waals surface area contributed by atoms with Gasteiger partial charge in [0.15, 0.2) is 5.78 Å². The quantitative estimate of drug-likeness (QED) is 0.350. The summed E-state index contributed by atoms with van der Waals surface area (Å²) in [5, 5.41) is 0. The molecule has 0 bridgehead atoms. The summed E-state index contributed by atoms with van der Waals surface area (Å²) in [5.74, 6) is 0.542. The van der Waals surface area contributed by atoms with Crippen LogP contribution in [-0.2, 0) is 17.6 Å². The minimum atomic E-state index is 0.264. The predicted molar refractivity (Wildman–Crippen MR) is 109 cm³/mol. The van der Waals surface area contributed by atoms with Crippen molar-refractivity contribution in [3.05, 3.63) is 52.6 Å². The Morgan fingerprint density at radius 3 is 2.32 bits per heavy atom. The van der Waals surface area contributed by atoms with Gasteiger partial charge in [0, 0.05) is 5.92 Å². The fourth-order valence-electron chi connectivity index (χ4n) is 3.57. The van der Waals surface area contributed by atoms with E-state index < -0.39 is 0 Å². The Balaban J connectivity index is 2.49. The maximum absolute atomic E-state index is 12.3. The van der Waals surface area contributed by atoms with Crippen LogP contribution >= 0.6 is 0 Å². The second kappa shape index (κ2) is 9.17. The molecule has 0 atom stereocenters. The normalized spacial score (nSPS) is 14.6. The highest BCUT2D eigenvalue weighted by molar-refractivity contribution is 6.01. The van der Waals surface area contributed by atoms with Crippen molar-refractivity contribution < 1.29 is 4.79 Å². The highest BCUT2D eigenvalue weighted by atomic mass is 16.1. The zero-order valence-corrected chi connectivity index (χ0v) is 16.6. The fourth-order valence-corrected chi connectivity index (χ4v) is 3.57. The third-order valence-electron chi connectivity index (χ3n) is 5.50. The molecule has 0 amide bonds. The molecule has 0 N–H and O–H groups in total. The minimum Gasteiger partial charge on any atom is -0.295 e. The Morgan fingerprint density at radius 1 is 1.12 bits per heavy atom. The maximum atomic E-state index is 12.3. The number of carbonyl (C=O) groups excluding carboxylic acids is 1. The van der Waals surface area contributed by atoms with E-state index in [-0.39, 0.29) is 11.7 Å². The molecule has 1 aliphatic carbocycles. The second-order valence-electron chi connectivity index (χ2n) is 7.50. The zero-order valence-electron chi connectivity index (χ0n) is 16.6. The number of carbonyl (C=O) groups is 1. The smallest absolute Gasteiger partial charge is 0.159 e. The highest BCUT2D eigenvalue weighted by Gasteiger charge is 2.28. The van der Waals surface area contributed by atoms with Crippen LogP contribution < -0.4 is 0 Å². The van der Waals surface area contributed by atoms with Gasteiger partial charge < -0.3 is 0 Å². The molecule has 1 aliphatic rings. The average molecular weight is 339 g/mol. The molecule has 1 aromatic carbocycles. The standard InChI is InChI=1S/C24H34O/c1-6-9-11-21-15-23(18(5)22(17(21)4)12-10-7-2)19(8-3)16-24(25)20-13-14-20/h8,15-16,20H,3,6-7,9-14H2,1-2,4-5H3/b19-16-. The third kappa shape index (κ3) is 4.93. The van der Waals surface area contributed by atoms with Crippen molar-refractivity contribution in [3.63, 3.8) is 0 Å². The van der Waals surface area contributed by atoms with Gasteiger partial charge in [-0.3, -0.25) is 4.79 Å². The molecule has 1 fully saturated rings.